The molecular formula is C28H23N7O2. The van der Waals surface area contributed by atoms with Gasteiger partial charge in [-0.15, -0.1) is 27.2 Å². The largest absolute Gasteiger partial charge is 0.353 e. The van der Waals surface area contributed by atoms with Crippen LogP contribution in [0.3, 0.4) is 0 Å². The third-order valence-electron chi connectivity index (χ3n) is 6.00. The van der Waals surface area contributed by atoms with Gasteiger partial charge in [0.2, 0.25) is 0 Å². The number of carbonyl (C=O) groups excluding carboxylic acids is 1. The Labute approximate surface area is 212 Å². The molecule has 5 rings (SSSR count). The summed E-state index contributed by atoms with van der Waals surface area (Å²) in [7, 11) is 0. The minimum Gasteiger partial charge on any atom is -0.274 e. The number of aryl methyl sites for hydroxylation is 1. The summed E-state index contributed by atoms with van der Waals surface area (Å²) < 4.78 is 2.47. The standard InChI is InChI=1S/C28H23N7O2/c1-2-3-13-25-31-35(26(36)18-20-9-5-4-6-10-20)28(37)34(25)19-21-14-16-22(17-15-21)23-11-7-8-12-24(23)27-29-32-33-30-27/h1,4-12,14-17H,3,13,18-19H2,(H,29,30,32,33). The maximum Gasteiger partial charge on any atom is 0.353 e. The van der Waals surface area contributed by atoms with Crippen molar-refractivity contribution in [3.05, 3.63) is 106 Å². The molecule has 2 heterocycles. The maximum absolute atomic E-state index is 13.2. The number of nitrogens with zero attached hydrogens (tertiary/aromatic N) is 6. The maximum atomic E-state index is 13.2. The van der Waals surface area contributed by atoms with Gasteiger partial charge in [0.25, 0.3) is 5.91 Å². The number of benzene rings is 3. The van der Waals surface area contributed by atoms with Gasteiger partial charge in [-0.05, 0) is 32.7 Å². The van der Waals surface area contributed by atoms with Gasteiger partial charge in [-0.3, -0.25) is 9.36 Å². The van der Waals surface area contributed by atoms with Crippen LogP contribution in [0.2, 0.25) is 0 Å². The molecule has 0 unspecified atom stereocenters. The van der Waals surface area contributed by atoms with Crippen molar-refractivity contribution in [3.8, 4) is 34.9 Å². The number of hydrogen-bond acceptors (Lipinski definition) is 6. The van der Waals surface area contributed by atoms with Crippen molar-refractivity contribution in [2.75, 3.05) is 0 Å². The van der Waals surface area contributed by atoms with Crippen LogP contribution < -0.4 is 5.69 Å². The number of nitrogens with one attached hydrogen (secondary N) is 1. The van der Waals surface area contributed by atoms with Gasteiger partial charge in [0.15, 0.2) is 5.82 Å². The first-order chi connectivity index (χ1) is 18.1. The smallest absolute Gasteiger partial charge is 0.274 e. The van der Waals surface area contributed by atoms with Crippen molar-refractivity contribution in [1.82, 2.24) is 35.0 Å². The molecule has 0 bridgehead atoms. The molecule has 9 heteroatoms. The highest BCUT2D eigenvalue weighted by molar-refractivity contribution is 5.81. The van der Waals surface area contributed by atoms with Crippen LogP contribution in [0.1, 0.15) is 28.2 Å². The molecule has 0 amide bonds. The molecule has 3 aromatic carbocycles. The number of aromatic nitrogens is 7. The minimum atomic E-state index is -0.472. The van der Waals surface area contributed by atoms with Gasteiger partial charge in [-0.25, -0.2) is 9.89 Å². The molecule has 0 aliphatic carbocycles. The summed E-state index contributed by atoms with van der Waals surface area (Å²) in [5, 5.41) is 18.5. The summed E-state index contributed by atoms with van der Waals surface area (Å²) in [4.78, 5) is 26.1. The van der Waals surface area contributed by atoms with Crippen molar-refractivity contribution in [3.63, 3.8) is 0 Å². The van der Waals surface area contributed by atoms with Crippen LogP contribution in [-0.2, 0) is 19.4 Å². The van der Waals surface area contributed by atoms with E-state index >= 15 is 0 Å². The highest BCUT2D eigenvalue weighted by Crippen LogP contribution is 2.29. The monoisotopic (exact) mass is 489 g/mol. The van der Waals surface area contributed by atoms with E-state index in [1.807, 2.05) is 78.9 Å². The molecule has 0 atom stereocenters. The van der Waals surface area contributed by atoms with E-state index in [1.54, 1.807) is 0 Å². The highest BCUT2D eigenvalue weighted by Gasteiger charge is 2.19. The quantitative estimate of drug-likeness (QED) is 0.335. The molecule has 5 aromatic rings. The van der Waals surface area contributed by atoms with Gasteiger partial charge in [0.1, 0.15) is 5.82 Å². The SMILES string of the molecule is C#CCCc1nn(C(=O)Cc2ccccc2)c(=O)n1Cc1ccc(-c2ccccc2-c2nnn[nH]2)cc1. The van der Waals surface area contributed by atoms with Crippen LogP contribution in [0, 0.1) is 12.3 Å². The number of aromatic amines is 1. The predicted octanol–water partition coefficient (Wildman–Crippen LogP) is 3.39. The topological polar surface area (TPSA) is 111 Å². The zero-order valence-corrected chi connectivity index (χ0v) is 19.9. The van der Waals surface area contributed by atoms with Crippen LogP contribution in [0.15, 0.2) is 83.7 Å². The van der Waals surface area contributed by atoms with Crippen molar-refractivity contribution in [2.24, 2.45) is 0 Å². The lowest BCUT2D eigenvalue weighted by Crippen LogP contribution is -2.31. The molecule has 0 spiro atoms. The average Bonchev–Trinajstić information content (AvgIpc) is 3.57. The first-order valence-corrected chi connectivity index (χ1v) is 11.8. The van der Waals surface area contributed by atoms with Gasteiger partial charge in [0.05, 0.1) is 13.0 Å². The first kappa shape index (κ1) is 23.6. The molecule has 0 aliphatic heterocycles. The summed E-state index contributed by atoms with van der Waals surface area (Å²) in [6.45, 7) is 0.269. The second-order valence-electron chi connectivity index (χ2n) is 8.45. The second-order valence-corrected chi connectivity index (χ2v) is 8.45. The summed E-state index contributed by atoms with van der Waals surface area (Å²) in [5.74, 6) is 3.26. The predicted molar refractivity (Wildman–Crippen MR) is 139 cm³/mol. The zero-order valence-electron chi connectivity index (χ0n) is 19.9. The van der Waals surface area contributed by atoms with E-state index < -0.39 is 5.69 Å². The Kier molecular flexibility index (Phi) is 6.81. The fourth-order valence-corrected chi connectivity index (χ4v) is 4.16. The molecule has 0 fully saturated rings. The first-order valence-electron chi connectivity index (χ1n) is 11.8. The minimum absolute atomic E-state index is 0.0845. The number of H-pyrrole nitrogens is 1. The number of terminal acetylenes is 1. The van der Waals surface area contributed by atoms with Gasteiger partial charge in [-0.1, -0.05) is 78.9 Å². The van der Waals surface area contributed by atoms with E-state index in [4.69, 9.17) is 6.42 Å². The fourth-order valence-electron chi connectivity index (χ4n) is 4.16. The molecule has 0 saturated carbocycles. The summed E-state index contributed by atoms with van der Waals surface area (Å²) in [6, 6.07) is 25.0. The molecule has 9 nitrogen and oxygen atoms in total. The Bertz CT molecular complexity index is 1610. The Morgan fingerprint density at radius 1 is 0.919 bits per heavy atom. The van der Waals surface area contributed by atoms with Crippen LogP contribution in [0.5, 0.6) is 0 Å². The van der Waals surface area contributed by atoms with E-state index in [-0.39, 0.29) is 18.9 Å². The Balaban J connectivity index is 1.42. The molecule has 0 saturated heterocycles. The summed E-state index contributed by atoms with van der Waals surface area (Å²) >= 11 is 0. The molecule has 2 aromatic heterocycles. The molecule has 0 radical (unpaired) electrons. The number of hydrogen-bond donors (Lipinski definition) is 1. The van der Waals surface area contributed by atoms with Crippen molar-refractivity contribution in [2.45, 2.75) is 25.8 Å². The van der Waals surface area contributed by atoms with Crippen LogP contribution >= 0.6 is 0 Å². The molecule has 0 aliphatic rings. The van der Waals surface area contributed by atoms with Crippen LogP contribution in [0.25, 0.3) is 22.5 Å². The second kappa shape index (κ2) is 10.7. The van der Waals surface area contributed by atoms with E-state index in [0.29, 0.717) is 24.5 Å². The van der Waals surface area contributed by atoms with E-state index in [2.05, 4.69) is 31.6 Å². The lowest BCUT2D eigenvalue weighted by molar-refractivity contribution is 0.0892. The Morgan fingerprint density at radius 2 is 1.65 bits per heavy atom. The Morgan fingerprint density at radius 3 is 2.35 bits per heavy atom. The normalized spacial score (nSPS) is 10.8. The molecule has 37 heavy (non-hydrogen) atoms. The van der Waals surface area contributed by atoms with E-state index in [9.17, 15) is 9.59 Å². The number of rotatable bonds is 8. The average molecular weight is 490 g/mol. The van der Waals surface area contributed by atoms with Crippen LogP contribution in [0.4, 0.5) is 0 Å². The van der Waals surface area contributed by atoms with Gasteiger partial charge in [0, 0.05) is 18.4 Å². The highest BCUT2D eigenvalue weighted by atomic mass is 16.2. The van der Waals surface area contributed by atoms with Crippen molar-refractivity contribution >= 4 is 5.91 Å². The van der Waals surface area contributed by atoms with Gasteiger partial charge >= 0.3 is 5.69 Å². The summed E-state index contributed by atoms with van der Waals surface area (Å²) in [5.41, 5.74) is 4.06. The van der Waals surface area contributed by atoms with E-state index in [1.165, 1.54) is 4.57 Å². The Hall–Kier alpha value is -5.10. The van der Waals surface area contributed by atoms with E-state index in [0.717, 1.165) is 32.5 Å². The lowest BCUT2D eigenvalue weighted by Gasteiger charge is -2.09. The van der Waals surface area contributed by atoms with Crippen molar-refractivity contribution < 1.29 is 4.79 Å². The zero-order chi connectivity index (χ0) is 25.6. The number of carbonyl (C=O) groups is 1. The molecule has 182 valence electrons. The number of tetrazole rings is 1. The summed E-state index contributed by atoms with van der Waals surface area (Å²) in [6.07, 6.45) is 6.35. The molecule has 1 N–H and O–H groups in total. The van der Waals surface area contributed by atoms with Crippen molar-refractivity contribution in [1.29, 1.82) is 0 Å². The van der Waals surface area contributed by atoms with Gasteiger partial charge in [-0.2, -0.15) is 0 Å². The van der Waals surface area contributed by atoms with Crippen LogP contribution in [-0.4, -0.2) is 40.9 Å². The fraction of sp³-hybridized carbons (Fsp3) is 0.143. The molecular weight excluding hydrogens is 466 g/mol. The lowest BCUT2D eigenvalue weighted by atomic mass is 9.98. The third kappa shape index (κ3) is 5.13. The van der Waals surface area contributed by atoms with Gasteiger partial charge < -0.3 is 0 Å². The third-order valence-corrected chi connectivity index (χ3v) is 6.00.